The highest BCUT2D eigenvalue weighted by Crippen LogP contribution is 2.19. The Labute approximate surface area is 89.0 Å². The van der Waals surface area contributed by atoms with Gasteiger partial charge in [-0.15, -0.1) is 0 Å². The van der Waals surface area contributed by atoms with Crippen molar-refractivity contribution in [3.05, 3.63) is 18.3 Å². The van der Waals surface area contributed by atoms with Crippen molar-refractivity contribution < 1.29 is 14.6 Å². The molecule has 84 valence electrons. The molecule has 5 heteroatoms. The van der Waals surface area contributed by atoms with E-state index in [1.165, 1.54) is 0 Å². The zero-order valence-corrected chi connectivity index (χ0v) is 8.77. The van der Waals surface area contributed by atoms with Gasteiger partial charge in [0, 0.05) is 12.7 Å². The minimum absolute atomic E-state index is 0.0485. The van der Waals surface area contributed by atoms with Crippen molar-refractivity contribution in [2.75, 3.05) is 38.8 Å². The van der Waals surface area contributed by atoms with E-state index in [0.29, 0.717) is 31.3 Å². The van der Waals surface area contributed by atoms with Gasteiger partial charge in [-0.25, -0.2) is 4.98 Å². The van der Waals surface area contributed by atoms with Gasteiger partial charge in [-0.05, 0) is 12.1 Å². The first kappa shape index (κ1) is 11.7. The second-order valence-electron chi connectivity index (χ2n) is 2.82. The number of methoxy groups -OCH3 is 1. The van der Waals surface area contributed by atoms with Gasteiger partial charge in [0.25, 0.3) is 0 Å². The molecule has 0 aliphatic heterocycles. The van der Waals surface area contributed by atoms with E-state index in [0.717, 1.165) is 0 Å². The van der Waals surface area contributed by atoms with Crippen molar-refractivity contribution >= 4 is 5.82 Å². The smallest absolute Gasteiger partial charge is 0.168 e. The molecule has 0 aromatic carbocycles. The van der Waals surface area contributed by atoms with Crippen LogP contribution in [0.15, 0.2) is 18.3 Å². The van der Waals surface area contributed by atoms with E-state index >= 15 is 0 Å². The summed E-state index contributed by atoms with van der Waals surface area (Å²) in [4.78, 5) is 4.13. The summed E-state index contributed by atoms with van der Waals surface area (Å²) in [6, 6.07) is 3.65. The molecule has 0 unspecified atom stereocenters. The van der Waals surface area contributed by atoms with Crippen molar-refractivity contribution in [3.8, 4) is 5.75 Å². The zero-order chi connectivity index (χ0) is 10.9. The Kier molecular flexibility index (Phi) is 5.50. The topological polar surface area (TPSA) is 63.6 Å². The Morgan fingerprint density at radius 1 is 1.47 bits per heavy atom. The van der Waals surface area contributed by atoms with Gasteiger partial charge in [0.05, 0.1) is 26.9 Å². The maximum Gasteiger partial charge on any atom is 0.168 e. The number of hydrogen-bond acceptors (Lipinski definition) is 5. The minimum Gasteiger partial charge on any atom is -0.493 e. The summed E-state index contributed by atoms with van der Waals surface area (Å²) >= 11 is 0. The van der Waals surface area contributed by atoms with Crippen molar-refractivity contribution in [1.29, 1.82) is 0 Å². The van der Waals surface area contributed by atoms with Crippen LogP contribution in [0.1, 0.15) is 0 Å². The summed E-state index contributed by atoms with van der Waals surface area (Å²) in [5.41, 5.74) is 0. The summed E-state index contributed by atoms with van der Waals surface area (Å²) in [5, 5.41) is 11.6. The number of aliphatic hydroxyl groups is 1. The van der Waals surface area contributed by atoms with Gasteiger partial charge in [-0.3, -0.25) is 0 Å². The molecule has 0 spiro atoms. The van der Waals surface area contributed by atoms with Crippen LogP contribution in [-0.4, -0.2) is 43.6 Å². The lowest BCUT2D eigenvalue weighted by Gasteiger charge is -2.09. The van der Waals surface area contributed by atoms with Gasteiger partial charge in [0.15, 0.2) is 11.6 Å². The number of aromatic nitrogens is 1. The van der Waals surface area contributed by atoms with Crippen molar-refractivity contribution in [2.24, 2.45) is 0 Å². The fourth-order valence-electron chi connectivity index (χ4n) is 1.10. The molecule has 0 fully saturated rings. The Morgan fingerprint density at radius 2 is 2.33 bits per heavy atom. The number of nitrogens with one attached hydrogen (secondary N) is 1. The third kappa shape index (κ3) is 4.14. The largest absolute Gasteiger partial charge is 0.493 e. The monoisotopic (exact) mass is 212 g/mol. The normalized spacial score (nSPS) is 10.0. The molecular formula is C10H16N2O3. The van der Waals surface area contributed by atoms with Gasteiger partial charge >= 0.3 is 0 Å². The Balaban J connectivity index is 2.30. The number of aliphatic hydroxyl groups excluding tert-OH is 1. The van der Waals surface area contributed by atoms with E-state index in [2.05, 4.69) is 10.3 Å². The van der Waals surface area contributed by atoms with Gasteiger partial charge in [-0.2, -0.15) is 0 Å². The lowest BCUT2D eigenvalue weighted by molar-refractivity contribution is 0.0991. The highest BCUT2D eigenvalue weighted by Gasteiger charge is 2.00. The molecule has 1 aromatic heterocycles. The van der Waals surface area contributed by atoms with Gasteiger partial charge < -0.3 is 19.9 Å². The summed E-state index contributed by atoms with van der Waals surface area (Å²) in [6.45, 7) is 1.57. The fraction of sp³-hybridized carbons (Fsp3) is 0.500. The van der Waals surface area contributed by atoms with E-state index in [-0.39, 0.29) is 6.61 Å². The average Bonchev–Trinajstić information content (AvgIpc) is 2.29. The molecule has 0 saturated heterocycles. The molecule has 0 radical (unpaired) electrons. The van der Waals surface area contributed by atoms with Crippen LogP contribution in [0.3, 0.4) is 0 Å². The summed E-state index contributed by atoms with van der Waals surface area (Å²) in [7, 11) is 1.60. The van der Waals surface area contributed by atoms with Gasteiger partial charge in [0.2, 0.25) is 0 Å². The van der Waals surface area contributed by atoms with Crippen LogP contribution in [0.5, 0.6) is 5.75 Å². The van der Waals surface area contributed by atoms with Crippen LogP contribution in [0, 0.1) is 0 Å². The zero-order valence-electron chi connectivity index (χ0n) is 8.77. The van der Waals surface area contributed by atoms with E-state index in [4.69, 9.17) is 14.6 Å². The Bertz CT molecular complexity index is 281. The lowest BCUT2D eigenvalue weighted by atomic mass is 10.4. The fourth-order valence-corrected chi connectivity index (χ4v) is 1.10. The molecule has 0 aliphatic carbocycles. The third-order valence-corrected chi connectivity index (χ3v) is 1.77. The first-order valence-electron chi connectivity index (χ1n) is 4.80. The van der Waals surface area contributed by atoms with Crippen LogP contribution < -0.4 is 10.1 Å². The quantitative estimate of drug-likeness (QED) is 0.645. The van der Waals surface area contributed by atoms with Crippen LogP contribution in [0.2, 0.25) is 0 Å². The van der Waals surface area contributed by atoms with E-state index in [9.17, 15) is 0 Å². The summed E-state index contributed by atoms with van der Waals surface area (Å²) in [6.07, 6.45) is 1.69. The van der Waals surface area contributed by atoms with Crippen LogP contribution in [0.4, 0.5) is 5.82 Å². The van der Waals surface area contributed by atoms with Crippen molar-refractivity contribution in [2.45, 2.75) is 0 Å². The van der Waals surface area contributed by atoms with Crippen LogP contribution >= 0.6 is 0 Å². The van der Waals surface area contributed by atoms with Crippen molar-refractivity contribution in [1.82, 2.24) is 4.98 Å². The third-order valence-electron chi connectivity index (χ3n) is 1.77. The van der Waals surface area contributed by atoms with Crippen LogP contribution in [-0.2, 0) is 4.74 Å². The van der Waals surface area contributed by atoms with E-state index in [1.54, 1.807) is 13.3 Å². The number of hydrogen-bond donors (Lipinski definition) is 2. The molecule has 0 atom stereocenters. The number of anilines is 1. The van der Waals surface area contributed by atoms with Crippen LogP contribution in [0.25, 0.3) is 0 Å². The van der Waals surface area contributed by atoms with Crippen molar-refractivity contribution in [3.63, 3.8) is 0 Å². The number of pyridine rings is 1. The number of nitrogens with zero attached hydrogens (tertiary/aromatic N) is 1. The predicted octanol–water partition coefficient (Wildman–Crippen LogP) is 0.511. The molecule has 15 heavy (non-hydrogen) atoms. The Morgan fingerprint density at radius 3 is 3.07 bits per heavy atom. The number of rotatable bonds is 7. The standard InChI is InChI=1S/C10H16N2O3/c1-14-9-3-2-4-11-10(9)12-5-7-15-8-6-13/h2-4,13H,5-8H2,1H3,(H,11,12). The van der Waals surface area contributed by atoms with Gasteiger partial charge in [0.1, 0.15) is 0 Å². The first-order valence-corrected chi connectivity index (χ1v) is 4.80. The summed E-state index contributed by atoms with van der Waals surface area (Å²) < 4.78 is 10.2. The highest BCUT2D eigenvalue weighted by atomic mass is 16.5. The molecule has 5 nitrogen and oxygen atoms in total. The molecule has 1 aromatic rings. The average molecular weight is 212 g/mol. The number of ether oxygens (including phenoxy) is 2. The molecule has 1 rings (SSSR count). The molecule has 0 bridgehead atoms. The lowest BCUT2D eigenvalue weighted by Crippen LogP contribution is -2.12. The first-order chi connectivity index (χ1) is 7.38. The van der Waals surface area contributed by atoms with Gasteiger partial charge in [-0.1, -0.05) is 0 Å². The SMILES string of the molecule is COc1cccnc1NCCOCCO. The molecule has 0 amide bonds. The second kappa shape index (κ2) is 7.03. The predicted molar refractivity (Wildman–Crippen MR) is 57.2 cm³/mol. The highest BCUT2D eigenvalue weighted by molar-refractivity contribution is 5.49. The van der Waals surface area contributed by atoms with E-state index < -0.39 is 0 Å². The molecular weight excluding hydrogens is 196 g/mol. The summed E-state index contributed by atoms with van der Waals surface area (Å²) in [5.74, 6) is 1.41. The minimum atomic E-state index is 0.0485. The maximum absolute atomic E-state index is 8.49. The van der Waals surface area contributed by atoms with E-state index in [1.807, 2.05) is 12.1 Å². The molecule has 0 aliphatic rings. The Hall–Kier alpha value is -1.33. The maximum atomic E-state index is 8.49. The second-order valence-corrected chi connectivity index (χ2v) is 2.82. The molecule has 0 saturated carbocycles. The molecule has 1 heterocycles. The molecule has 2 N–H and O–H groups in total.